The number of fused-ring (bicyclic) bond motifs is 1. The number of aryl methyl sites for hydroxylation is 1. The fourth-order valence-corrected chi connectivity index (χ4v) is 2.75. The number of benzene rings is 2. The summed E-state index contributed by atoms with van der Waals surface area (Å²) in [6.07, 6.45) is -0.964. The zero-order valence-electron chi connectivity index (χ0n) is 13.6. The molecule has 6 nitrogen and oxygen atoms in total. The van der Waals surface area contributed by atoms with E-state index < -0.39 is 12.0 Å². The fraction of sp³-hybridized carbons (Fsp3) is 0.158. The topological polar surface area (TPSA) is 91.6 Å². The molecule has 0 spiro atoms. The number of phenolic OH excluding ortho intramolecular Hbond substituents is 1. The van der Waals surface area contributed by atoms with Gasteiger partial charge in [-0.1, -0.05) is 24.3 Å². The summed E-state index contributed by atoms with van der Waals surface area (Å²) in [5, 5.41) is 22.8. The van der Waals surface area contributed by atoms with E-state index in [1.54, 1.807) is 48.0 Å². The number of carbonyl (C=O) groups excluding carboxylic acids is 1. The van der Waals surface area contributed by atoms with Gasteiger partial charge in [0, 0.05) is 25.0 Å². The van der Waals surface area contributed by atoms with Crippen LogP contribution in [0.15, 0.2) is 59.4 Å². The molecule has 0 aliphatic carbocycles. The number of aliphatic hydroxyl groups excluding tert-OH is 1. The quantitative estimate of drug-likeness (QED) is 0.675. The lowest BCUT2D eigenvalue weighted by Gasteiger charge is -2.15. The summed E-state index contributed by atoms with van der Waals surface area (Å²) in [5.41, 5.74) is 1.14. The van der Waals surface area contributed by atoms with E-state index in [1.807, 2.05) is 0 Å². The highest BCUT2D eigenvalue weighted by molar-refractivity contribution is 5.95. The van der Waals surface area contributed by atoms with Crippen LogP contribution in [-0.4, -0.2) is 27.2 Å². The first kappa shape index (κ1) is 16.7. The Morgan fingerprint density at radius 2 is 1.92 bits per heavy atom. The minimum Gasteiger partial charge on any atom is -0.508 e. The number of para-hydroxylation sites is 1. The summed E-state index contributed by atoms with van der Waals surface area (Å²) in [7, 11) is 1.71. The summed E-state index contributed by atoms with van der Waals surface area (Å²) in [6, 6.07) is 14.6. The molecule has 1 unspecified atom stereocenters. The number of nitrogens with one attached hydrogen (secondary N) is 1. The van der Waals surface area contributed by atoms with E-state index in [-0.39, 0.29) is 23.4 Å². The van der Waals surface area contributed by atoms with Gasteiger partial charge in [0.25, 0.3) is 5.91 Å². The third-order valence-electron chi connectivity index (χ3n) is 4.10. The van der Waals surface area contributed by atoms with Gasteiger partial charge in [-0.3, -0.25) is 9.59 Å². The lowest BCUT2D eigenvalue weighted by molar-refractivity contribution is 0.0908. The van der Waals surface area contributed by atoms with Gasteiger partial charge in [-0.05, 0) is 29.8 Å². The largest absolute Gasteiger partial charge is 0.508 e. The number of aromatic hydroxyl groups is 1. The molecule has 0 radical (unpaired) electrons. The normalized spacial score (nSPS) is 12.1. The molecular weight excluding hydrogens is 320 g/mol. The van der Waals surface area contributed by atoms with Crippen LogP contribution in [0.1, 0.15) is 22.2 Å². The maximum absolute atomic E-state index is 12.4. The second kappa shape index (κ2) is 6.78. The summed E-state index contributed by atoms with van der Waals surface area (Å²) >= 11 is 0. The van der Waals surface area contributed by atoms with Gasteiger partial charge in [-0.25, -0.2) is 0 Å². The Morgan fingerprint density at radius 3 is 2.68 bits per heavy atom. The summed E-state index contributed by atoms with van der Waals surface area (Å²) in [5.74, 6) is -0.413. The number of hydrogen-bond acceptors (Lipinski definition) is 4. The van der Waals surface area contributed by atoms with Crippen molar-refractivity contribution < 1.29 is 15.0 Å². The van der Waals surface area contributed by atoms with Gasteiger partial charge in [0.1, 0.15) is 11.4 Å². The number of aliphatic hydroxyl groups is 1. The van der Waals surface area contributed by atoms with E-state index in [2.05, 4.69) is 5.32 Å². The third-order valence-corrected chi connectivity index (χ3v) is 4.10. The maximum atomic E-state index is 12.4. The van der Waals surface area contributed by atoms with Gasteiger partial charge in [-0.2, -0.15) is 0 Å². The number of amides is 1. The maximum Gasteiger partial charge on any atom is 0.268 e. The van der Waals surface area contributed by atoms with E-state index in [1.165, 1.54) is 18.2 Å². The molecule has 128 valence electrons. The van der Waals surface area contributed by atoms with Gasteiger partial charge < -0.3 is 20.1 Å². The monoisotopic (exact) mass is 338 g/mol. The van der Waals surface area contributed by atoms with Gasteiger partial charge in [0.15, 0.2) is 5.43 Å². The number of hydrogen-bond donors (Lipinski definition) is 3. The second-order valence-electron chi connectivity index (χ2n) is 5.79. The van der Waals surface area contributed by atoms with Crippen LogP contribution in [0.25, 0.3) is 10.9 Å². The standard InChI is InChI=1S/C19H18N2O4/c1-21-15-8-3-2-7-14(15)17(23)10-16(21)19(25)20-11-18(24)12-5-4-6-13(22)9-12/h2-10,18,22,24H,11H2,1H3,(H,20,25). The van der Waals surface area contributed by atoms with Crippen LogP contribution < -0.4 is 10.7 Å². The Morgan fingerprint density at radius 1 is 1.16 bits per heavy atom. The molecule has 1 heterocycles. The van der Waals surface area contributed by atoms with Crippen LogP contribution in [0.3, 0.4) is 0 Å². The van der Waals surface area contributed by atoms with Crippen molar-refractivity contribution in [3.63, 3.8) is 0 Å². The van der Waals surface area contributed by atoms with Crippen molar-refractivity contribution in [3.05, 3.63) is 76.1 Å². The average molecular weight is 338 g/mol. The highest BCUT2D eigenvalue weighted by Crippen LogP contribution is 2.17. The molecule has 6 heteroatoms. The summed E-state index contributed by atoms with van der Waals surface area (Å²) in [4.78, 5) is 24.6. The average Bonchev–Trinajstić information content (AvgIpc) is 2.62. The molecular formula is C19H18N2O4. The molecule has 0 bridgehead atoms. The van der Waals surface area contributed by atoms with Gasteiger partial charge in [0.2, 0.25) is 0 Å². The smallest absolute Gasteiger partial charge is 0.268 e. The van der Waals surface area contributed by atoms with E-state index >= 15 is 0 Å². The van der Waals surface area contributed by atoms with Crippen molar-refractivity contribution in [1.82, 2.24) is 9.88 Å². The Bertz CT molecular complexity index is 994. The fourth-order valence-electron chi connectivity index (χ4n) is 2.75. The molecule has 25 heavy (non-hydrogen) atoms. The first-order chi connectivity index (χ1) is 12.0. The zero-order valence-corrected chi connectivity index (χ0v) is 13.6. The predicted molar refractivity (Wildman–Crippen MR) is 94.6 cm³/mol. The lowest BCUT2D eigenvalue weighted by atomic mass is 10.1. The number of aromatic nitrogens is 1. The molecule has 1 amide bonds. The molecule has 0 fully saturated rings. The number of rotatable bonds is 4. The van der Waals surface area contributed by atoms with Crippen LogP contribution in [0, 0.1) is 0 Å². The van der Waals surface area contributed by atoms with E-state index in [4.69, 9.17) is 0 Å². The van der Waals surface area contributed by atoms with Crippen molar-refractivity contribution in [3.8, 4) is 5.75 Å². The second-order valence-corrected chi connectivity index (χ2v) is 5.79. The first-order valence-electron chi connectivity index (χ1n) is 7.81. The van der Waals surface area contributed by atoms with Crippen LogP contribution in [0.4, 0.5) is 0 Å². The lowest BCUT2D eigenvalue weighted by Crippen LogP contribution is -2.31. The van der Waals surface area contributed by atoms with E-state index in [0.717, 1.165) is 0 Å². The molecule has 3 rings (SSSR count). The number of carbonyl (C=O) groups is 1. The van der Waals surface area contributed by atoms with Gasteiger partial charge in [0.05, 0.1) is 11.6 Å². The molecule has 0 aliphatic rings. The van der Waals surface area contributed by atoms with Crippen LogP contribution >= 0.6 is 0 Å². The Labute approximate surface area is 144 Å². The van der Waals surface area contributed by atoms with E-state index in [0.29, 0.717) is 16.5 Å². The Kier molecular flexibility index (Phi) is 4.54. The van der Waals surface area contributed by atoms with Crippen LogP contribution in [-0.2, 0) is 7.05 Å². The molecule has 0 saturated carbocycles. The number of nitrogens with zero attached hydrogens (tertiary/aromatic N) is 1. The number of pyridine rings is 1. The minimum absolute atomic E-state index is 0.0384. The van der Waals surface area contributed by atoms with Gasteiger partial charge in [-0.15, -0.1) is 0 Å². The minimum atomic E-state index is -0.964. The van der Waals surface area contributed by atoms with Crippen molar-refractivity contribution in [2.24, 2.45) is 7.05 Å². The van der Waals surface area contributed by atoms with Gasteiger partial charge >= 0.3 is 0 Å². The van der Waals surface area contributed by atoms with E-state index in [9.17, 15) is 19.8 Å². The highest BCUT2D eigenvalue weighted by atomic mass is 16.3. The Balaban J connectivity index is 1.81. The highest BCUT2D eigenvalue weighted by Gasteiger charge is 2.15. The third kappa shape index (κ3) is 3.39. The van der Waals surface area contributed by atoms with Crippen molar-refractivity contribution in [2.75, 3.05) is 6.54 Å². The SMILES string of the molecule is Cn1c(C(=O)NCC(O)c2cccc(O)c2)cc(=O)c2ccccc21. The predicted octanol–water partition coefficient (Wildman–Crippen LogP) is 1.71. The molecule has 3 aromatic rings. The molecule has 3 N–H and O–H groups in total. The molecule has 2 aromatic carbocycles. The van der Waals surface area contributed by atoms with Crippen LogP contribution in [0.2, 0.25) is 0 Å². The molecule has 1 atom stereocenters. The molecule has 1 aromatic heterocycles. The van der Waals surface area contributed by atoms with Crippen LogP contribution in [0.5, 0.6) is 5.75 Å². The molecule has 0 aliphatic heterocycles. The first-order valence-corrected chi connectivity index (χ1v) is 7.81. The molecule has 0 saturated heterocycles. The zero-order chi connectivity index (χ0) is 18.0. The van der Waals surface area contributed by atoms with Crippen molar-refractivity contribution in [2.45, 2.75) is 6.10 Å². The summed E-state index contributed by atoms with van der Waals surface area (Å²) < 4.78 is 1.65. The Hall–Kier alpha value is -3.12. The van der Waals surface area contributed by atoms with Crippen molar-refractivity contribution >= 4 is 16.8 Å². The number of phenols is 1. The summed E-state index contributed by atoms with van der Waals surface area (Å²) in [6.45, 7) is -0.0384. The van der Waals surface area contributed by atoms with Crippen molar-refractivity contribution in [1.29, 1.82) is 0 Å².